The summed E-state index contributed by atoms with van der Waals surface area (Å²) in [6.45, 7) is 2.19. The summed E-state index contributed by atoms with van der Waals surface area (Å²) >= 11 is 3.58. The lowest BCUT2D eigenvalue weighted by Gasteiger charge is -2.25. The Morgan fingerprint density at radius 1 is 1.16 bits per heavy atom. The molecule has 1 aromatic carbocycles. The number of hydrogen-bond acceptors (Lipinski definition) is 2. The molecule has 3 rings (SSSR count). The standard InChI is InChI=1S/C16H17BrN2/c17-16-14(8-4-10-18-16)15-9-5-11-19(15)12-13-6-2-1-3-7-13/h1-4,6-8,10,15H,5,9,11-12H2. The van der Waals surface area contributed by atoms with E-state index in [4.69, 9.17) is 0 Å². The highest BCUT2D eigenvalue weighted by molar-refractivity contribution is 9.10. The number of rotatable bonds is 3. The second-order valence-electron chi connectivity index (χ2n) is 5.00. The monoisotopic (exact) mass is 316 g/mol. The van der Waals surface area contributed by atoms with Gasteiger partial charge in [-0.15, -0.1) is 0 Å². The van der Waals surface area contributed by atoms with Gasteiger partial charge in [0.2, 0.25) is 0 Å². The molecule has 1 aliphatic rings. The Kier molecular flexibility index (Phi) is 3.95. The number of pyridine rings is 1. The Bertz CT molecular complexity index is 541. The van der Waals surface area contributed by atoms with Crippen LogP contribution in [0.15, 0.2) is 53.3 Å². The highest BCUT2D eigenvalue weighted by Gasteiger charge is 2.27. The van der Waals surface area contributed by atoms with E-state index < -0.39 is 0 Å². The van der Waals surface area contributed by atoms with Crippen molar-refractivity contribution >= 4 is 15.9 Å². The zero-order valence-corrected chi connectivity index (χ0v) is 12.4. The third kappa shape index (κ3) is 2.88. The number of hydrogen-bond donors (Lipinski definition) is 0. The molecule has 19 heavy (non-hydrogen) atoms. The lowest BCUT2D eigenvalue weighted by Crippen LogP contribution is -2.23. The smallest absolute Gasteiger partial charge is 0.110 e. The normalized spacial score (nSPS) is 19.7. The summed E-state index contributed by atoms with van der Waals surface area (Å²) in [4.78, 5) is 6.91. The van der Waals surface area contributed by atoms with Crippen LogP contribution >= 0.6 is 15.9 Å². The van der Waals surface area contributed by atoms with Crippen molar-refractivity contribution in [3.05, 3.63) is 64.4 Å². The van der Waals surface area contributed by atoms with Crippen molar-refractivity contribution in [2.24, 2.45) is 0 Å². The second kappa shape index (κ2) is 5.85. The van der Waals surface area contributed by atoms with Crippen molar-refractivity contribution in [2.45, 2.75) is 25.4 Å². The fourth-order valence-electron chi connectivity index (χ4n) is 2.83. The minimum Gasteiger partial charge on any atom is -0.292 e. The van der Waals surface area contributed by atoms with Crippen LogP contribution in [-0.4, -0.2) is 16.4 Å². The molecule has 0 spiro atoms. The average Bonchev–Trinajstić information content (AvgIpc) is 2.88. The molecule has 2 heterocycles. The van der Waals surface area contributed by atoms with Crippen LogP contribution in [0, 0.1) is 0 Å². The van der Waals surface area contributed by atoms with Gasteiger partial charge in [0.15, 0.2) is 0 Å². The molecule has 0 saturated carbocycles. The van der Waals surface area contributed by atoms with Gasteiger partial charge in [-0.05, 0) is 46.9 Å². The van der Waals surface area contributed by atoms with E-state index in [1.807, 2.05) is 12.3 Å². The molecule has 2 aromatic rings. The largest absolute Gasteiger partial charge is 0.292 e. The van der Waals surface area contributed by atoms with Crippen molar-refractivity contribution < 1.29 is 0 Å². The van der Waals surface area contributed by atoms with Gasteiger partial charge in [0.25, 0.3) is 0 Å². The number of likely N-dealkylation sites (tertiary alicyclic amines) is 1. The van der Waals surface area contributed by atoms with Crippen molar-refractivity contribution in [2.75, 3.05) is 6.54 Å². The molecule has 2 nitrogen and oxygen atoms in total. The first-order valence-electron chi connectivity index (χ1n) is 6.73. The average molecular weight is 317 g/mol. The summed E-state index contributed by atoms with van der Waals surface area (Å²) in [5.74, 6) is 0. The Balaban J connectivity index is 1.81. The van der Waals surface area contributed by atoms with Crippen molar-refractivity contribution in [3.63, 3.8) is 0 Å². The molecule has 98 valence electrons. The molecule has 1 atom stereocenters. The predicted molar refractivity (Wildman–Crippen MR) is 80.8 cm³/mol. The molecular formula is C16H17BrN2. The minimum absolute atomic E-state index is 0.489. The van der Waals surface area contributed by atoms with Gasteiger partial charge >= 0.3 is 0 Å². The molecule has 1 unspecified atom stereocenters. The molecule has 0 amide bonds. The Hall–Kier alpha value is -1.19. The summed E-state index contributed by atoms with van der Waals surface area (Å²) < 4.78 is 0.986. The van der Waals surface area contributed by atoms with E-state index in [9.17, 15) is 0 Å². The maximum atomic E-state index is 4.36. The van der Waals surface area contributed by atoms with E-state index in [2.05, 4.69) is 62.2 Å². The van der Waals surface area contributed by atoms with Crippen LogP contribution in [0.2, 0.25) is 0 Å². The van der Waals surface area contributed by atoms with Crippen LogP contribution in [0.4, 0.5) is 0 Å². The Morgan fingerprint density at radius 3 is 2.79 bits per heavy atom. The van der Waals surface area contributed by atoms with Crippen LogP contribution in [-0.2, 0) is 6.54 Å². The molecule has 3 heteroatoms. The zero-order chi connectivity index (χ0) is 13.1. The Morgan fingerprint density at radius 2 is 2.00 bits per heavy atom. The van der Waals surface area contributed by atoms with Gasteiger partial charge in [-0.25, -0.2) is 4.98 Å². The van der Waals surface area contributed by atoms with E-state index in [0.717, 1.165) is 11.1 Å². The topological polar surface area (TPSA) is 16.1 Å². The molecule has 1 aliphatic heterocycles. The third-order valence-electron chi connectivity index (χ3n) is 3.74. The maximum absolute atomic E-state index is 4.36. The van der Waals surface area contributed by atoms with Gasteiger partial charge in [-0.1, -0.05) is 36.4 Å². The van der Waals surface area contributed by atoms with Crippen molar-refractivity contribution in [1.29, 1.82) is 0 Å². The lowest BCUT2D eigenvalue weighted by atomic mass is 10.1. The van der Waals surface area contributed by atoms with Gasteiger partial charge in [0, 0.05) is 24.3 Å². The molecule has 1 fully saturated rings. The SMILES string of the molecule is Brc1ncccc1C1CCCN1Cc1ccccc1. The number of benzene rings is 1. The summed E-state index contributed by atoms with van der Waals surface area (Å²) in [6, 6.07) is 15.4. The molecular weight excluding hydrogens is 300 g/mol. The van der Waals surface area contributed by atoms with Crippen LogP contribution < -0.4 is 0 Å². The molecule has 1 aromatic heterocycles. The highest BCUT2D eigenvalue weighted by Crippen LogP contribution is 2.35. The minimum atomic E-state index is 0.489. The van der Waals surface area contributed by atoms with Gasteiger partial charge < -0.3 is 0 Å². The molecule has 0 bridgehead atoms. The first kappa shape index (κ1) is 12.8. The third-order valence-corrected chi connectivity index (χ3v) is 4.40. The predicted octanol–water partition coefficient (Wildman–Crippen LogP) is 4.18. The number of halogens is 1. The van der Waals surface area contributed by atoms with Crippen molar-refractivity contribution in [1.82, 2.24) is 9.88 Å². The van der Waals surface area contributed by atoms with E-state index in [-0.39, 0.29) is 0 Å². The molecule has 1 saturated heterocycles. The quantitative estimate of drug-likeness (QED) is 0.790. The summed E-state index contributed by atoms with van der Waals surface area (Å²) in [6.07, 6.45) is 4.32. The van der Waals surface area contributed by atoms with Crippen LogP contribution in [0.1, 0.15) is 30.0 Å². The van der Waals surface area contributed by atoms with E-state index in [1.165, 1.54) is 30.5 Å². The molecule has 0 radical (unpaired) electrons. The fraction of sp³-hybridized carbons (Fsp3) is 0.312. The first-order valence-corrected chi connectivity index (χ1v) is 7.52. The summed E-state index contributed by atoms with van der Waals surface area (Å²) in [5.41, 5.74) is 2.70. The van der Waals surface area contributed by atoms with Gasteiger partial charge in [-0.3, -0.25) is 4.90 Å². The second-order valence-corrected chi connectivity index (χ2v) is 5.75. The summed E-state index contributed by atoms with van der Waals surface area (Å²) in [5, 5.41) is 0. The van der Waals surface area contributed by atoms with E-state index in [1.54, 1.807) is 0 Å². The van der Waals surface area contributed by atoms with Crippen molar-refractivity contribution in [3.8, 4) is 0 Å². The number of nitrogens with zero attached hydrogens (tertiary/aromatic N) is 2. The molecule has 0 N–H and O–H groups in total. The molecule has 0 aliphatic carbocycles. The highest BCUT2D eigenvalue weighted by atomic mass is 79.9. The number of aromatic nitrogens is 1. The first-order chi connectivity index (χ1) is 9.34. The summed E-state index contributed by atoms with van der Waals surface area (Å²) in [7, 11) is 0. The fourth-order valence-corrected chi connectivity index (χ4v) is 3.35. The van der Waals surface area contributed by atoms with Gasteiger partial charge in [-0.2, -0.15) is 0 Å². The van der Waals surface area contributed by atoms with E-state index in [0.29, 0.717) is 6.04 Å². The Labute approximate surface area is 122 Å². The van der Waals surface area contributed by atoms with Gasteiger partial charge in [0.1, 0.15) is 4.60 Å². The zero-order valence-electron chi connectivity index (χ0n) is 10.8. The van der Waals surface area contributed by atoms with E-state index >= 15 is 0 Å². The lowest BCUT2D eigenvalue weighted by molar-refractivity contribution is 0.247. The van der Waals surface area contributed by atoms with Crippen LogP contribution in [0.25, 0.3) is 0 Å². The maximum Gasteiger partial charge on any atom is 0.110 e. The van der Waals surface area contributed by atoms with Crippen LogP contribution in [0.3, 0.4) is 0 Å². The van der Waals surface area contributed by atoms with Crippen LogP contribution in [0.5, 0.6) is 0 Å². The van der Waals surface area contributed by atoms with Gasteiger partial charge in [0.05, 0.1) is 0 Å².